The summed E-state index contributed by atoms with van der Waals surface area (Å²) in [6.45, 7) is 5.47. The third-order valence-corrected chi connectivity index (χ3v) is 6.69. The van der Waals surface area contributed by atoms with Crippen LogP contribution in [0.25, 0.3) is 11.5 Å². The number of anilines is 1. The van der Waals surface area contributed by atoms with E-state index in [9.17, 15) is 0 Å². The van der Waals surface area contributed by atoms with Crippen molar-refractivity contribution in [3.05, 3.63) is 60.4 Å². The molecule has 0 saturated carbocycles. The molecule has 0 spiro atoms. The van der Waals surface area contributed by atoms with E-state index >= 15 is 0 Å². The fourth-order valence-corrected chi connectivity index (χ4v) is 4.95. The molecule has 0 aliphatic carbocycles. The number of hydrogen-bond donors (Lipinski definition) is 0. The number of nitrogens with zero attached hydrogens (tertiary/aromatic N) is 5. The summed E-state index contributed by atoms with van der Waals surface area (Å²) in [6, 6.07) is 14.2. The van der Waals surface area contributed by atoms with E-state index in [4.69, 9.17) is 4.52 Å². The molecule has 2 saturated heterocycles. The molecule has 2 aromatic heterocycles. The smallest absolute Gasteiger partial charge is 0.266 e. The Kier molecular flexibility index (Phi) is 5.75. The van der Waals surface area contributed by atoms with Crippen LogP contribution in [0.5, 0.6) is 0 Å². The van der Waals surface area contributed by atoms with Gasteiger partial charge in [0.15, 0.2) is 0 Å². The lowest BCUT2D eigenvalue weighted by atomic mass is 9.79. The van der Waals surface area contributed by atoms with E-state index in [0.29, 0.717) is 5.89 Å². The third-order valence-electron chi connectivity index (χ3n) is 6.69. The number of rotatable bonds is 5. The molecule has 6 nitrogen and oxygen atoms in total. The Labute approximate surface area is 177 Å². The molecule has 4 heterocycles. The fourth-order valence-electron chi connectivity index (χ4n) is 4.95. The molecule has 0 N–H and O–H groups in total. The largest absolute Gasteiger partial charge is 0.338 e. The number of likely N-dealkylation sites (tertiary alicyclic amines) is 1. The first-order valence-electron chi connectivity index (χ1n) is 11.1. The van der Waals surface area contributed by atoms with Crippen LogP contribution in [0.3, 0.4) is 0 Å². The van der Waals surface area contributed by atoms with E-state index in [1.54, 1.807) is 0 Å². The second-order valence-corrected chi connectivity index (χ2v) is 8.56. The molecule has 6 heteroatoms. The highest BCUT2D eigenvalue weighted by Gasteiger charge is 2.30. The molecule has 3 aromatic rings. The summed E-state index contributed by atoms with van der Waals surface area (Å²) >= 11 is 0. The topological polar surface area (TPSA) is 58.3 Å². The van der Waals surface area contributed by atoms with Gasteiger partial charge < -0.3 is 9.42 Å². The Morgan fingerprint density at radius 2 is 1.60 bits per heavy atom. The fraction of sp³-hybridized carbons (Fsp3) is 0.458. The van der Waals surface area contributed by atoms with Crippen LogP contribution in [-0.4, -0.2) is 46.2 Å². The molecule has 0 bridgehead atoms. The lowest BCUT2D eigenvalue weighted by Crippen LogP contribution is -2.41. The Balaban J connectivity index is 1.11. The SMILES string of the molecule is c1ccc(-c2nc(N3CCC(C4CCN(Cc5cccnc5)CC4)CC3)no2)cc1. The van der Waals surface area contributed by atoms with Gasteiger partial charge in [-0.15, -0.1) is 0 Å². The van der Waals surface area contributed by atoms with Gasteiger partial charge in [0.2, 0.25) is 0 Å². The van der Waals surface area contributed by atoms with Crippen molar-refractivity contribution in [3.63, 3.8) is 0 Å². The van der Waals surface area contributed by atoms with Crippen LogP contribution < -0.4 is 4.90 Å². The van der Waals surface area contributed by atoms with Crippen molar-refractivity contribution >= 4 is 5.95 Å². The minimum atomic E-state index is 0.605. The summed E-state index contributed by atoms with van der Waals surface area (Å²) in [5, 5.41) is 4.23. The van der Waals surface area contributed by atoms with Gasteiger partial charge in [-0.1, -0.05) is 24.3 Å². The van der Waals surface area contributed by atoms with Gasteiger partial charge in [0.25, 0.3) is 11.8 Å². The van der Waals surface area contributed by atoms with Crippen LogP contribution in [0.15, 0.2) is 59.4 Å². The maximum atomic E-state index is 5.49. The quantitative estimate of drug-likeness (QED) is 0.634. The molecule has 5 rings (SSSR count). The number of benzene rings is 1. The van der Waals surface area contributed by atoms with Gasteiger partial charge in [0.05, 0.1) is 0 Å². The Bertz CT molecular complexity index is 913. The van der Waals surface area contributed by atoms with Gasteiger partial charge in [-0.3, -0.25) is 9.88 Å². The van der Waals surface area contributed by atoms with Crippen molar-refractivity contribution in [1.29, 1.82) is 0 Å². The van der Waals surface area contributed by atoms with Crippen LogP contribution in [0, 0.1) is 11.8 Å². The molecule has 0 unspecified atom stereocenters. The lowest BCUT2D eigenvalue weighted by molar-refractivity contribution is 0.129. The first-order chi connectivity index (χ1) is 14.8. The summed E-state index contributed by atoms with van der Waals surface area (Å²) in [4.78, 5) is 13.7. The number of piperidine rings is 2. The highest BCUT2D eigenvalue weighted by Crippen LogP contribution is 2.34. The number of hydrogen-bond acceptors (Lipinski definition) is 6. The Morgan fingerprint density at radius 1 is 0.867 bits per heavy atom. The first-order valence-corrected chi connectivity index (χ1v) is 11.1. The predicted octanol–water partition coefficient (Wildman–Crippen LogP) is 4.26. The van der Waals surface area contributed by atoms with Crippen LogP contribution in [-0.2, 0) is 6.54 Å². The van der Waals surface area contributed by atoms with Gasteiger partial charge in [0.1, 0.15) is 0 Å². The maximum Gasteiger partial charge on any atom is 0.266 e. The second-order valence-electron chi connectivity index (χ2n) is 8.56. The summed E-state index contributed by atoms with van der Waals surface area (Å²) in [7, 11) is 0. The Morgan fingerprint density at radius 3 is 2.30 bits per heavy atom. The van der Waals surface area contributed by atoms with Gasteiger partial charge in [0, 0.05) is 37.6 Å². The minimum Gasteiger partial charge on any atom is -0.338 e. The average molecular weight is 404 g/mol. The van der Waals surface area contributed by atoms with Crippen molar-refractivity contribution in [1.82, 2.24) is 20.0 Å². The molecule has 0 atom stereocenters. The standard InChI is InChI=1S/C24H29N5O/c1-2-6-22(7-3-1)23-26-24(27-30-23)29-15-10-21(11-16-29)20-8-13-28(14-9-20)18-19-5-4-12-25-17-19/h1-7,12,17,20-21H,8-11,13-16,18H2. The Hall–Kier alpha value is -2.73. The zero-order valence-electron chi connectivity index (χ0n) is 17.4. The van der Waals surface area contributed by atoms with Crippen molar-refractivity contribution in [3.8, 4) is 11.5 Å². The molecule has 156 valence electrons. The molecule has 30 heavy (non-hydrogen) atoms. The van der Waals surface area contributed by atoms with Gasteiger partial charge in [-0.2, -0.15) is 4.98 Å². The number of aromatic nitrogens is 3. The average Bonchev–Trinajstić information content (AvgIpc) is 3.32. The normalized spacial score (nSPS) is 19.3. The second kappa shape index (κ2) is 8.96. The van der Waals surface area contributed by atoms with E-state index in [-0.39, 0.29) is 0 Å². The summed E-state index contributed by atoms with van der Waals surface area (Å²) < 4.78 is 5.49. The van der Waals surface area contributed by atoms with Crippen molar-refractivity contribution < 1.29 is 4.52 Å². The lowest BCUT2D eigenvalue weighted by Gasteiger charge is -2.39. The van der Waals surface area contributed by atoms with Crippen molar-refractivity contribution in [2.75, 3.05) is 31.1 Å². The van der Waals surface area contributed by atoms with Crippen molar-refractivity contribution in [2.45, 2.75) is 32.2 Å². The zero-order valence-corrected chi connectivity index (χ0v) is 17.4. The van der Waals surface area contributed by atoms with E-state index in [0.717, 1.165) is 43.0 Å². The predicted molar refractivity (Wildman–Crippen MR) is 117 cm³/mol. The molecule has 2 aliphatic rings. The summed E-state index contributed by atoms with van der Waals surface area (Å²) in [5.74, 6) is 3.01. The van der Waals surface area contributed by atoms with E-state index in [1.165, 1.54) is 44.3 Å². The summed E-state index contributed by atoms with van der Waals surface area (Å²) in [5.41, 5.74) is 2.29. The van der Waals surface area contributed by atoms with Crippen LogP contribution in [0.2, 0.25) is 0 Å². The highest BCUT2D eigenvalue weighted by molar-refractivity contribution is 5.54. The van der Waals surface area contributed by atoms with E-state index < -0.39 is 0 Å². The van der Waals surface area contributed by atoms with E-state index in [2.05, 4.69) is 31.0 Å². The minimum absolute atomic E-state index is 0.605. The van der Waals surface area contributed by atoms with Gasteiger partial charge >= 0.3 is 0 Å². The first kappa shape index (κ1) is 19.2. The summed E-state index contributed by atoms with van der Waals surface area (Å²) in [6.07, 6.45) is 8.91. The molecule has 0 amide bonds. The maximum absolute atomic E-state index is 5.49. The van der Waals surface area contributed by atoms with Crippen LogP contribution >= 0.6 is 0 Å². The third kappa shape index (κ3) is 4.38. The molecular formula is C24H29N5O. The van der Waals surface area contributed by atoms with Crippen LogP contribution in [0.1, 0.15) is 31.2 Å². The van der Waals surface area contributed by atoms with Crippen LogP contribution in [0.4, 0.5) is 5.95 Å². The monoisotopic (exact) mass is 403 g/mol. The van der Waals surface area contributed by atoms with E-state index in [1.807, 2.05) is 48.8 Å². The van der Waals surface area contributed by atoms with Crippen molar-refractivity contribution in [2.24, 2.45) is 11.8 Å². The molecule has 2 aliphatic heterocycles. The molecule has 1 aromatic carbocycles. The van der Waals surface area contributed by atoms with Gasteiger partial charge in [-0.25, -0.2) is 0 Å². The zero-order chi connectivity index (χ0) is 20.2. The number of pyridine rings is 1. The molecular weight excluding hydrogens is 374 g/mol. The van der Waals surface area contributed by atoms with Gasteiger partial charge in [-0.05, 0) is 79.5 Å². The molecule has 0 radical (unpaired) electrons. The molecule has 2 fully saturated rings. The highest BCUT2D eigenvalue weighted by atomic mass is 16.5.